The molecule has 3 aromatic rings. The zero-order valence-electron chi connectivity index (χ0n) is 19.6. The Bertz CT molecular complexity index is 1220. The van der Waals surface area contributed by atoms with Crippen LogP contribution in [0.15, 0.2) is 60.7 Å². The van der Waals surface area contributed by atoms with Gasteiger partial charge in [-0.15, -0.1) is 0 Å². The van der Waals surface area contributed by atoms with Crippen molar-refractivity contribution in [2.24, 2.45) is 0 Å². The topological polar surface area (TPSA) is 72.0 Å². The van der Waals surface area contributed by atoms with Crippen molar-refractivity contribution in [1.29, 1.82) is 0 Å². The van der Waals surface area contributed by atoms with Crippen molar-refractivity contribution in [2.45, 2.75) is 32.3 Å². The molecule has 35 heavy (non-hydrogen) atoms. The number of alkyl halides is 2. The molecule has 0 saturated carbocycles. The van der Waals surface area contributed by atoms with Gasteiger partial charge in [0, 0.05) is 35.7 Å². The highest BCUT2D eigenvalue weighted by molar-refractivity contribution is 5.97. The average Bonchev–Trinajstić information content (AvgIpc) is 3.32. The summed E-state index contributed by atoms with van der Waals surface area (Å²) in [5.74, 6) is -3.42. The standard InChI is InChI=1S/C24H21F2N3O4.C2H6/c25-24(26)10-11-28(15-20(24)33-21-9-8-16-4-1-2-7-19(16)27-21)22(30)17-5-3-6-18(14-17)29-12-13-32-23(29)31;1-2/h1-9,14,20H,10-13,15H2;1-2H3. The Kier molecular flexibility index (Phi) is 7.14. The van der Waals surface area contributed by atoms with Crippen molar-refractivity contribution in [3.8, 4) is 5.88 Å². The molecule has 5 rings (SSSR count). The van der Waals surface area contributed by atoms with Crippen molar-refractivity contribution in [2.75, 3.05) is 31.1 Å². The minimum absolute atomic E-state index is 0.0854. The van der Waals surface area contributed by atoms with Crippen molar-refractivity contribution in [3.05, 3.63) is 66.2 Å². The quantitative estimate of drug-likeness (QED) is 0.514. The van der Waals surface area contributed by atoms with Crippen LogP contribution in [0.3, 0.4) is 0 Å². The Balaban J connectivity index is 0.00000141. The SMILES string of the molecule is CC.O=C(c1cccc(N2CCOC2=O)c1)N1CCC(F)(F)C(Oc2ccc3ccccc3n2)C1. The summed E-state index contributed by atoms with van der Waals surface area (Å²) in [6.07, 6.45) is -2.52. The van der Waals surface area contributed by atoms with Gasteiger partial charge >= 0.3 is 6.09 Å². The molecule has 1 aromatic heterocycles. The van der Waals surface area contributed by atoms with Gasteiger partial charge in [-0.25, -0.2) is 18.6 Å². The Morgan fingerprint density at radius 2 is 1.89 bits per heavy atom. The molecule has 1 atom stereocenters. The van der Waals surface area contributed by atoms with E-state index in [-0.39, 0.29) is 25.6 Å². The maximum Gasteiger partial charge on any atom is 0.414 e. The highest BCUT2D eigenvalue weighted by Crippen LogP contribution is 2.33. The van der Waals surface area contributed by atoms with Gasteiger partial charge in [-0.3, -0.25) is 9.69 Å². The maximum atomic E-state index is 14.7. The molecule has 0 radical (unpaired) electrons. The largest absolute Gasteiger partial charge is 0.466 e. The lowest BCUT2D eigenvalue weighted by Crippen LogP contribution is -2.55. The number of rotatable bonds is 4. The second-order valence-corrected chi connectivity index (χ2v) is 8.03. The molecule has 184 valence electrons. The number of nitrogens with zero attached hydrogens (tertiary/aromatic N) is 3. The zero-order valence-corrected chi connectivity index (χ0v) is 19.6. The van der Waals surface area contributed by atoms with Crippen LogP contribution in [0.25, 0.3) is 10.9 Å². The number of halogens is 2. The Hall–Kier alpha value is -3.75. The normalized spacial score (nSPS) is 19.1. The number of ether oxygens (including phenoxy) is 2. The van der Waals surface area contributed by atoms with Crippen LogP contribution >= 0.6 is 0 Å². The second kappa shape index (κ2) is 10.2. The third-order valence-corrected chi connectivity index (χ3v) is 5.86. The molecule has 3 heterocycles. The summed E-state index contributed by atoms with van der Waals surface area (Å²) in [5.41, 5.74) is 1.47. The number of hydrogen-bond donors (Lipinski definition) is 0. The van der Waals surface area contributed by atoms with Crippen LogP contribution in [0.5, 0.6) is 5.88 Å². The summed E-state index contributed by atoms with van der Waals surface area (Å²) in [5, 5.41) is 0.874. The van der Waals surface area contributed by atoms with E-state index in [2.05, 4.69) is 4.98 Å². The first-order chi connectivity index (χ1) is 16.9. The molecule has 2 aromatic carbocycles. The number of hydrogen-bond acceptors (Lipinski definition) is 5. The highest BCUT2D eigenvalue weighted by Gasteiger charge is 2.47. The van der Waals surface area contributed by atoms with Gasteiger partial charge in [0.2, 0.25) is 5.88 Å². The van der Waals surface area contributed by atoms with E-state index in [4.69, 9.17) is 9.47 Å². The molecule has 0 N–H and O–H groups in total. The summed E-state index contributed by atoms with van der Waals surface area (Å²) < 4.78 is 39.9. The molecule has 7 nitrogen and oxygen atoms in total. The number of para-hydroxylation sites is 1. The molecule has 0 spiro atoms. The number of amides is 2. The van der Waals surface area contributed by atoms with Crippen LogP contribution in [0.1, 0.15) is 30.6 Å². The van der Waals surface area contributed by atoms with Crippen molar-refractivity contribution < 1.29 is 27.8 Å². The van der Waals surface area contributed by atoms with Gasteiger partial charge in [-0.1, -0.05) is 38.1 Å². The monoisotopic (exact) mass is 483 g/mol. The second-order valence-electron chi connectivity index (χ2n) is 8.03. The van der Waals surface area contributed by atoms with Gasteiger partial charge in [0.1, 0.15) is 6.61 Å². The molecule has 2 fully saturated rings. The summed E-state index contributed by atoms with van der Waals surface area (Å²) in [6, 6.07) is 17.2. The van der Waals surface area contributed by atoms with Crippen LogP contribution in [0, 0.1) is 0 Å². The lowest BCUT2D eigenvalue weighted by molar-refractivity contribution is -0.131. The molecule has 0 aliphatic carbocycles. The minimum atomic E-state index is -3.11. The number of likely N-dealkylation sites (tertiary alicyclic amines) is 1. The predicted octanol–water partition coefficient (Wildman–Crippen LogP) is 5.15. The van der Waals surface area contributed by atoms with Gasteiger partial charge in [0.25, 0.3) is 11.8 Å². The third-order valence-electron chi connectivity index (χ3n) is 5.86. The van der Waals surface area contributed by atoms with Gasteiger partial charge in [-0.2, -0.15) is 0 Å². The summed E-state index contributed by atoms with van der Waals surface area (Å²) in [6.45, 7) is 4.28. The first-order valence-corrected chi connectivity index (χ1v) is 11.6. The summed E-state index contributed by atoms with van der Waals surface area (Å²) in [4.78, 5) is 32.0. The number of carbonyl (C=O) groups is 2. The van der Waals surface area contributed by atoms with Crippen molar-refractivity contribution in [3.63, 3.8) is 0 Å². The molecular formula is C26H27F2N3O4. The molecule has 0 bridgehead atoms. The molecule has 2 aliphatic heterocycles. The van der Waals surface area contributed by atoms with Crippen LogP contribution in [0.4, 0.5) is 19.3 Å². The smallest absolute Gasteiger partial charge is 0.414 e. The lowest BCUT2D eigenvalue weighted by atomic mass is 10.0. The van der Waals surface area contributed by atoms with Crippen LogP contribution in [-0.2, 0) is 4.74 Å². The molecular weight excluding hydrogens is 456 g/mol. The van der Waals surface area contributed by atoms with Gasteiger partial charge in [0.05, 0.1) is 18.6 Å². The number of cyclic esters (lactones) is 1. The minimum Gasteiger partial charge on any atom is -0.466 e. The first-order valence-electron chi connectivity index (χ1n) is 11.6. The van der Waals surface area contributed by atoms with Crippen molar-refractivity contribution in [1.82, 2.24) is 9.88 Å². The number of pyridine rings is 1. The molecule has 1 unspecified atom stereocenters. The van der Waals surface area contributed by atoms with Gasteiger partial charge in [0.15, 0.2) is 6.10 Å². The maximum absolute atomic E-state index is 14.7. The predicted molar refractivity (Wildman–Crippen MR) is 128 cm³/mol. The van der Waals surface area contributed by atoms with Crippen LogP contribution < -0.4 is 9.64 Å². The van der Waals surface area contributed by atoms with E-state index in [1.807, 2.05) is 32.0 Å². The van der Waals surface area contributed by atoms with E-state index < -0.39 is 30.4 Å². The molecule has 9 heteroatoms. The Morgan fingerprint density at radius 1 is 1.09 bits per heavy atom. The van der Waals surface area contributed by atoms with E-state index in [0.29, 0.717) is 23.3 Å². The van der Waals surface area contributed by atoms with Crippen LogP contribution in [-0.4, -0.2) is 60.2 Å². The Labute approximate surface area is 202 Å². The molecule has 2 aliphatic rings. The van der Waals surface area contributed by atoms with E-state index >= 15 is 0 Å². The summed E-state index contributed by atoms with van der Waals surface area (Å²) in [7, 11) is 0. The summed E-state index contributed by atoms with van der Waals surface area (Å²) >= 11 is 0. The van der Waals surface area contributed by atoms with Crippen LogP contribution in [0.2, 0.25) is 0 Å². The first kappa shape index (κ1) is 24.4. The Morgan fingerprint density at radius 3 is 2.66 bits per heavy atom. The fourth-order valence-corrected chi connectivity index (χ4v) is 4.05. The van der Waals surface area contributed by atoms with E-state index in [0.717, 1.165) is 5.39 Å². The average molecular weight is 484 g/mol. The van der Waals surface area contributed by atoms with Gasteiger partial charge in [-0.05, 0) is 30.3 Å². The van der Waals surface area contributed by atoms with E-state index in [1.54, 1.807) is 42.5 Å². The van der Waals surface area contributed by atoms with Crippen molar-refractivity contribution >= 4 is 28.6 Å². The number of piperidine rings is 1. The number of carbonyl (C=O) groups excluding carboxylic acids is 2. The van der Waals surface area contributed by atoms with Gasteiger partial charge < -0.3 is 14.4 Å². The fourth-order valence-electron chi connectivity index (χ4n) is 4.05. The van der Waals surface area contributed by atoms with E-state index in [9.17, 15) is 18.4 Å². The molecule has 2 amide bonds. The zero-order chi connectivity index (χ0) is 25.0. The number of benzene rings is 2. The molecule has 2 saturated heterocycles. The lowest BCUT2D eigenvalue weighted by Gasteiger charge is -2.38. The number of aromatic nitrogens is 1. The third kappa shape index (κ3) is 5.18. The highest BCUT2D eigenvalue weighted by atomic mass is 19.3. The fraction of sp³-hybridized carbons (Fsp3) is 0.346. The van der Waals surface area contributed by atoms with E-state index in [1.165, 1.54) is 9.80 Å². The number of fused-ring (bicyclic) bond motifs is 1. The number of anilines is 1.